The molecule has 1 heterocycles. The standard InChI is InChI=1S/C16H18FNO/c17-12-3-4-14-11(7-12)8-15(19-14)16(18)13-6-9-1-2-10(13)5-9/h3-4,7-10,13,16H,1-2,5-6,18H2. The molecule has 2 N–H and O–H groups in total. The van der Waals surface area contributed by atoms with Crippen molar-refractivity contribution in [2.45, 2.75) is 31.7 Å². The van der Waals surface area contributed by atoms with E-state index in [-0.39, 0.29) is 11.9 Å². The van der Waals surface area contributed by atoms with Crippen LogP contribution in [0, 0.1) is 23.6 Å². The van der Waals surface area contributed by atoms with Crippen LogP contribution in [0.3, 0.4) is 0 Å². The normalized spacial score (nSPS) is 31.2. The van der Waals surface area contributed by atoms with Gasteiger partial charge in [0.25, 0.3) is 0 Å². The van der Waals surface area contributed by atoms with Gasteiger partial charge in [-0.15, -0.1) is 0 Å². The largest absolute Gasteiger partial charge is 0.459 e. The van der Waals surface area contributed by atoms with Crippen LogP contribution in [0.25, 0.3) is 11.0 Å². The van der Waals surface area contributed by atoms with Crippen molar-refractivity contribution >= 4 is 11.0 Å². The van der Waals surface area contributed by atoms with E-state index in [1.807, 2.05) is 6.07 Å². The van der Waals surface area contributed by atoms with Gasteiger partial charge in [0.05, 0.1) is 6.04 Å². The molecule has 0 radical (unpaired) electrons. The van der Waals surface area contributed by atoms with Crippen LogP contribution in [0.5, 0.6) is 0 Å². The number of furan rings is 1. The van der Waals surface area contributed by atoms with E-state index >= 15 is 0 Å². The minimum Gasteiger partial charge on any atom is -0.459 e. The van der Waals surface area contributed by atoms with Crippen molar-refractivity contribution in [2.24, 2.45) is 23.5 Å². The number of nitrogens with two attached hydrogens (primary N) is 1. The minimum atomic E-state index is -0.228. The Morgan fingerprint density at radius 3 is 2.84 bits per heavy atom. The van der Waals surface area contributed by atoms with Crippen molar-refractivity contribution in [3.05, 3.63) is 35.8 Å². The van der Waals surface area contributed by atoms with Crippen LogP contribution in [0.1, 0.15) is 37.5 Å². The summed E-state index contributed by atoms with van der Waals surface area (Å²) < 4.78 is 19.0. The average Bonchev–Trinajstić information content (AvgIpc) is 3.11. The van der Waals surface area contributed by atoms with E-state index in [1.165, 1.54) is 37.8 Å². The molecule has 0 saturated heterocycles. The first kappa shape index (κ1) is 11.5. The van der Waals surface area contributed by atoms with Gasteiger partial charge in [0, 0.05) is 5.39 Å². The van der Waals surface area contributed by atoms with Gasteiger partial charge < -0.3 is 10.2 Å². The van der Waals surface area contributed by atoms with Crippen molar-refractivity contribution in [1.82, 2.24) is 0 Å². The van der Waals surface area contributed by atoms with Crippen LogP contribution in [-0.2, 0) is 0 Å². The van der Waals surface area contributed by atoms with Crippen LogP contribution in [0.2, 0.25) is 0 Å². The zero-order valence-electron chi connectivity index (χ0n) is 10.8. The third-order valence-electron chi connectivity index (χ3n) is 5.08. The molecule has 2 aliphatic rings. The Hall–Kier alpha value is -1.35. The Bertz CT molecular complexity index is 620. The van der Waals surface area contributed by atoms with Crippen molar-refractivity contribution < 1.29 is 8.81 Å². The molecular weight excluding hydrogens is 241 g/mol. The molecule has 2 fully saturated rings. The lowest BCUT2D eigenvalue weighted by atomic mass is 9.83. The number of fused-ring (bicyclic) bond motifs is 3. The van der Waals surface area contributed by atoms with Gasteiger partial charge >= 0.3 is 0 Å². The molecule has 4 rings (SSSR count). The van der Waals surface area contributed by atoms with Crippen molar-refractivity contribution in [1.29, 1.82) is 0 Å². The number of hydrogen-bond donors (Lipinski definition) is 1. The zero-order chi connectivity index (χ0) is 13.0. The highest BCUT2D eigenvalue weighted by Crippen LogP contribution is 2.52. The number of benzene rings is 1. The van der Waals surface area contributed by atoms with Crippen molar-refractivity contribution in [3.63, 3.8) is 0 Å². The van der Waals surface area contributed by atoms with Gasteiger partial charge in [0.15, 0.2) is 0 Å². The van der Waals surface area contributed by atoms with E-state index in [0.29, 0.717) is 5.92 Å². The lowest BCUT2D eigenvalue weighted by Gasteiger charge is -2.26. The molecule has 4 unspecified atom stereocenters. The molecule has 0 amide bonds. The molecule has 19 heavy (non-hydrogen) atoms. The molecule has 2 saturated carbocycles. The van der Waals surface area contributed by atoms with Gasteiger partial charge in [-0.3, -0.25) is 0 Å². The first-order chi connectivity index (χ1) is 9.20. The van der Waals surface area contributed by atoms with Gasteiger partial charge in [-0.25, -0.2) is 4.39 Å². The number of rotatable bonds is 2. The molecule has 100 valence electrons. The maximum atomic E-state index is 13.2. The summed E-state index contributed by atoms with van der Waals surface area (Å²) in [5.41, 5.74) is 7.13. The molecule has 2 aromatic rings. The van der Waals surface area contributed by atoms with Crippen LogP contribution in [0.4, 0.5) is 4.39 Å². The van der Waals surface area contributed by atoms with Crippen molar-refractivity contribution in [3.8, 4) is 0 Å². The van der Waals surface area contributed by atoms with Gasteiger partial charge in [-0.05, 0) is 61.3 Å². The first-order valence-electron chi connectivity index (χ1n) is 7.15. The molecule has 3 heteroatoms. The lowest BCUT2D eigenvalue weighted by molar-refractivity contribution is 0.263. The predicted molar refractivity (Wildman–Crippen MR) is 72.0 cm³/mol. The van der Waals surface area contributed by atoms with E-state index in [0.717, 1.165) is 28.6 Å². The summed E-state index contributed by atoms with van der Waals surface area (Å²) >= 11 is 0. The third kappa shape index (κ3) is 1.79. The monoisotopic (exact) mass is 259 g/mol. The second-order valence-electron chi connectivity index (χ2n) is 6.20. The molecule has 1 aromatic heterocycles. The fraction of sp³-hybridized carbons (Fsp3) is 0.500. The van der Waals surface area contributed by atoms with Gasteiger partial charge in [0.1, 0.15) is 17.2 Å². The van der Waals surface area contributed by atoms with Gasteiger partial charge in [0.2, 0.25) is 0 Å². The Kier molecular flexibility index (Phi) is 2.46. The summed E-state index contributed by atoms with van der Waals surface area (Å²) in [5.74, 6) is 2.78. The molecule has 0 aliphatic heterocycles. The molecule has 2 aliphatic carbocycles. The highest BCUT2D eigenvalue weighted by atomic mass is 19.1. The summed E-state index contributed by atoms with van der Waals surface area (Å²) in [6, 6.07) is 6.50. The highest BCUT2D eigenvalue weighted by Gasteiger charge is 2.43. The van der Waals surface area contributed by atoms with Crippen molar-refractivity contribution in [2.75, 3.05) is 0 Å². The lowest BCUT2D eigenvalue weighted by Crippen LogP contribution is -2.25. The Labute approximate surface area is 111 Å². The van der Waals surface area contributed by atoms with Gasteiger partial charge in [-0.2, -0.15) is 0 Å². The summed E-state index contributed by atoms with van der Waals surface area (Å²) in [7, 11) is 0. The molecule has 0 spiro atoms. The van der Waals surface area contributed by atoms with Crippen LogP contribution in [0.15, 0.2) is 28.7 Å². The minimum absolute atomic E-state index is 0.0363. The maximum Gasteiger partial charge on any atom is 0.134 e. The topological polar surface area (TPSA) is 39.2 Å². The summed E-state index contributed by atoms with van der Waals surface area (Å²) in [6.45, 7) is 0. The first-order valence-corrected chi connectivity index (χ1v) is 7.15. The van der Waals surface area contributed by atoms with Gasteiger partial charge in [-0.1, -0.05) is 6.42 Å². The Morgan fingerprint density at radius 1 is 1.21 bits per heavy atom. The van der Waals surface area contributed by atoms with Crippen LogP contribution in [-0.4, -0.2) is 0 Å². The van der Waals surface area contributed by atoms with E-state index < -0.39 is 0 Å². The number of halogens is 1. The molecule has 4 atom stereocenters. The molecule has 1 aromatic carbocycles. The van der Waals surface area contributed by atoms with E-state index in [1.54, 1.807) is 6.07 Å². The van der Waals surface area contributed by atoms with Crippen LogP contribution < -0.4 is 5.73 Å². The average molecular weight is 259 g/mol. The fourth-order valence-electron chi connectivity index (χ4n) is 4.14. The summed E-state index contributed by atoms with van der Waals surface area (Å²) in [5, 5.41) is 0.814. The summed E-state index contributed by atoms with van der Waals surface area (Å²) in [4.78, 5) is 0. The van der Waals surface area contributed by atoms with E-state index in [9.17, 15) is 4.39 Å². The number of hydrogen-bond acceptors (Lipinski definition) is 2. The fourth-order valence-corrected chi connectivity index (χ4v) is 4.14. The van der Waals surface area contributed by atoms with E-state index in [4.69, 9.17) is 10.2 Å². The second-order valence-corrected chi connectivity index (χ2v) is 6.20. The smallest absolute Gasteiger partial charge is 0.134 e. The molecule has 2 nitrogen and oxygen atoms in total. The highest BCUT2D eigenvalue weighted by molar-refractivity contribution is 5.78. The molecular formula is C16H18FNO. The Balaban J connectivity index is 1.66. The second kappa shape index (κ2) is 4.07. The SMILES string of the molecule is NC(c1cc2cc(F)ccc2o1)C1CC2CCC1C2. The summed E-state index contributed by atoms with van der Waals surface area (Å²) in [6.07, 6.45) is 5.27. The predicted octanol–water partition coefficient (Wildman–Crippen LogP) is 4.01. The molecule has 2 bridgehead atoms. The Morgan fingerprint density at radius 2 is 2.11 bits per heavy atom. The zero-order valence-corrected chi connectivity index (χ0v) is 10.8. The quantitative estimate of drug-likeness (QED) is 0.885. The van der Waals surface area contributed by atoms with E-state index in [2.05, 4.69) is 0 Å². The van der Waals surface area contributed by atoms with Crippen LogP contribution >= 0.6 is 0 Å². The maximum absolute atomic E-state index is 13.2. The third-order valence-corrected chi connectivity index (χ3v) is 5.08.